The molecule has 23 heavy (non-hydrogen) atoms. The van der Waals surface area contributed by atoms with Crippen LogP contribution in [0.25, 0.3) is 0 Å². The topological polar surface area (TPSA) is 57.6 Å². The molecule has 4 nitrogen and oxygen atoms in total. The number of carbonyl (C=O) groups excluding carboxylic acids is 2. The van der Waals surface area contributed by atoms with E-state index in [1.54, 1.807) is 0 Å². The molecule has 1 aliphatic heterocycles. The van der Waals surface area contributed by atoms with Crippen LogP contribution in [0.3, 0.4) is 0 Å². The predicted molar refractivity (Wildman–Crippen MR) is 90.5 cm³/mol. The number of benzene rings is 1. The summed E-state index contributed by atoms with van der Waals surface area (Å²) in [4.78, 5) is 26.4. The molecule has 0 bridgehead atoms. The fraction of sp³-hybridized carbons (Fsp3) is 0.579. The minimum absolute atomic E-state index is 0.0402. The zero-order chi connectivity index (χ0) is 17.0. The Labute approximate surface area is 138 Å². The summed E-state index contributed by atoms with van der Waals surface area (Å²) in [6, 6.07) is 5.84. The van der Waals surface area contributed by atoms with Crippen molar-refractivity contribution in [1.29, 1.82) is 0 Å². The van der Waals surface area contributed by atoms with E-state index < -0.39 is 0 Å². The molecule has 1 unspecified atom stereocenters. The Balaban J connectivity index is 1.85. The van der Waals surface area contributed by atoms with Crippen molar-refractivity contribution < 1.29 is 14.7 Å². The van der Waals surface area contributed by atoms with E-state index in [-0.39, 0.29) is 36.6 Å². The van der Waals surface area contributed by atoms with Crippen LogP contribution in [0, 0.1) is 19.8 Å². The number of aliphatic hydroxyl groups excluding tert-OH is 1. The molecule has 1 N–H and O–H groups in total. The second-order valence-corrected chi connectivity index (χ2v) is 6.70. The maximum absolute atomic E-state index is 12.3. The van der Waals surface area contributed by atoms with Crippen molar-refractivity contribution in [3.8, 4) is 0 Å². The van der Waals surface area contributed by atoms with E-state index in [4.69, 9.17) is 0 Å². The van der Waals surface area contributed by atoms with Gasteiger partial charge >= 0.3 is 0 Å². The van der Waals surface area contributed by atoms with E-state index in [0.717, 1.165) is 29.5 Å². The summed E-state index contributed by atoms with van der Waals surface area (Å²) in [5.74, 6) is 0.377. The Morgan fingerprint density at radius 2 is 1.87 bits per heavy atom. The summed E-state index contributed by atoms with van der Waals surface area (Å²) < 4.78 is 0. The van der Waals surface area contributed by atoms with Gasteiger partial charge in [0.15, 0.2) is 5.78 Å². The van der Waals surface area contributed by atoms with Crippen LogP contribution in [0.5, 0.6) is 0 Å². The third-order valence-electron chi connectivity index (χ3n) is 4.83. The number of ketones is 1. The van der Waals surface area contributed by atoms with Gasteiger partial charge in [-0.05, 0) is 51.2 Å². The fourth-order valence-electron chi connectivity index (χ4n) is 3.18. The predicted octanol–water partition coefficient (Wildman–Crippen LogP) is 2.89. The van der Waals surface area contributed by atoms with Crippen molar-refractivity contribution in [3.05, 3.63) is 34.9 Å². The highest BCUT2D eigenvalue weighted by Gasteiger charge is 2.25. The van der Waals surface area contributed by atoms with E-state index in [0.29, 0.717) is 13.1 Å². The first-order chi connectivity index (χ1) is 10.9. The number of amides is 1. The summed E-state index contributed by atoms with van der Waals surface area (Å²) >= 11 is 0. The summed E-state index contributed by atoms with van der Waals surface area (Å²) in [5.41, 5.74) is 2.75. The first-order valence-corrected chi connectivity index (χ1v) is 8.44. The normalized spacial score (nSPS) is 17.1. The molecule has 1 saturated heterocycles. The Kier molecular flexibility index (Phi) is 5.94. The number of rotatable bonds is 5. The number of aliphatic hydroxyl groups is 1. The summed E-state index contributed by atoms with van der Waals surface area (Å²) in [6.45, 7) is 7.08. The SMILES string of the molecule is Cc1ccc(C)c(C(=O)CCC(=O)N2CCC(C(C)O)CC2)c1. The highest BCUT2D eigenvalue weighted by Crippen LogP contribution is 2.21. The largest absolute Gasteiger partial charge is 0.393 e. The lowest BCUT2D eigenvalue weighted by Gasteiger charge is -2.33. The first-order valence-electron chi connectivity index (χ1n) is 8.44. The Hall–Kier alpha value is -1.68. The molecule has 1 heterocycles. The molecule has 1 fully saturated rings. The Morgan fingerprint density at radius 3 is 2.48 bits per heavy atom. The van der Waals surface area contributed by atoms with Crippen molar-refractivity contribution in [2.75, 3.05) is 13.1 Å². The molecule has 1 aliphatic rings. The maximum Gasteiger partial charge on any atom is 0.223 e. The minimum Gasteiger partial charge on any atom is -0.393 e. The molecule has 1 aromatic rings. The third kappa shape index (κ3) is 4.64. The van der Waals surface area contributed by atoms with Crippen LogP contribution in [-0.2, 0) is 4.79 Å². The van der Waals surface area contributed by atoms with E-state index in [1.807, 2.05) is 43.9 Å². The highest BCUT2D eigenvalue weighted by molar-refractivity contribution is 5.99. The molecule has 0 saturated carbocycles. The van der Waals surface area contributed by atoms with Gasteiger partial charge in [0.05, 0.1) is 6.10 Å². The summed E-state index contributed by atoms with van der Waals surface area (Å²) in [5, 5.41) is 9.60. The molecule has 0 spiro atoms. The molecule has 1 aromatic carbocycles. The lowest BCUT2D eigenvalue weighted by atomic mass is 9.92. The minimum atomic E-state index is -0.307. The second kappa shape index (κ2) is 7.73. The first kappa shape index (κ1) is 17.7. The van der Waals surface area contributed by atoms with Crippen LogP contribution in [0.15, 0.2) is 18.2 Å². The molecule has 1 amide bonds. The number of carbonyl (C=O) groups is 2. The highest BCUT2D eigenvalue weighted by atomic mass is 16.3. The monoisotopic (exact) mass is 317 g/mol. The average molecular weight is 317 g/mol. The van der Waals surface area contributed by atoms with Gasteiger partial charge in [-0.3, -0.25) is 9.59 Å². The van der Waals surface area contributed by atoms with Gasteiger partial charge in [0.1, 0.15) is 0 Å². The van der Waals surface area contributed by atoms with Gasteiger partial charge in [0.2, 0.25) is 5.91 Å². The number of Topliss-reactive ketones (excluding diaryl/α,β-unsaturated/α-hetero) is 1. The van der Waals surface area contributed by atoms with E-state index >= 15 is 0 Å². The summed E-state index contributed by atoms with van der Waals surface area (Å²) in [7, 11) is 0. The van der Waals surface area contributed by atoms with Gasteiger partial charge < -0.3 is 10.0 Å². The molecule has 0 aliphatic carbocycles. The number of hydrogen-bond donors (Lipinski definition) is 1. The summed E-state index contributed by atoms with van der Waals surface area (Å²) in [6.07, 6.45) is 1.91. The Morgan fingerprint density at radius 1 is 1.22 bits per heavy atom. The molecule has 1 atom stereocenters. The third-order valence-corrected chi connectivity index (χ3v) is 4.83. The lowest BCUT2D eigenvalue weighted by molar-refractivity contribution is -0.133. The van der Waals surface area contributed by atoms with Crippen LogP contribution in [0.2, 0.25) is 0 Å². The molecule has 4 heteroatoms. The van der Waals surface area contributed by atoms with Crippen molar-refractivity contribution in [3.63, 3.8) is 0 Å². The molecule has 126 valence electrons. The standard InChI is InChI=1S/C19H27NO3/c1-13-4-5-14(2)17(12-13)18(22)6-7-19(23)20-10-8-16(9-11-20)15(3)21/h4-5,12,15-16,21H,6-11H2,1-3H3. The quantitative estimate of drug-likeness (QED) is 0.850. The van der Waals surface area contributed by atoms with E-state index in [9.17, 15) is 14.7 Å². The van der Waals surface area contributed by atoms with Crippen LogP contribution < -0.4 is 0 Å². The maximum atomic E-state index is 12.3. The second-order valence-electron chi connectivity index (χ2n) is 6.70. The number of likely N-dealkylation sites (tertiary alicyclic amines) is 1. The van der Waals surface area contributed by atoms with Gasteiger partial charge in [-0.2, -0.15) is 0 Å². The number of aryl methyl sites for hydroxylation is 2. The van der Waals surface area contributed by atoms with Gasteiger partial charge in [-0.15, -0.1) is 0 Å². The van der Waals surface area contributed by atoms with Gasteiger partial charge in [0, 0.05) is 31.5 Å². The van der Waals surface area contributed by atoms with Gasteiger partial charge in [-0.25, -0.2) is 0 Å². The van der Waals surface area contributed by atoms with Crippen LogP contribution in [-0.4, -0.2) is 40.9 Å². The average Bonchev–Trinajstić information content (AvgIpc) is 2.54. The van der Waals surface area contributed by atoms with Gasteiger partial charge in [-0.1, -0.05) is 17.7 Å². The molecule has 2 rings (SSSR count). The van der Waals surface area contributed by atoms with Crippen molar-refractivity contribution in [2.24, 2.45) is 5.92 Å². The van der Waals surface area contributed by atoms with E-state index in [2.05, 4.69) is 0 Å². The van der Waals surface area contributed by atoms with Crippen LogP contribution in [0.4, 0.5) is 0 Å². The molecular formula is C19H27NO3. The number of nitrogens with zero attached hydrogens (tertiary/aromatic N) is 1. The van der Waals surface area contributed by atoms with Gasteiger partial charge in [0.25, 0.3) is 0 Å². The number of piperidine rings is 1. The molecule has 0 aromatic heterocycles. The van der Waals surface area contributed by atoms with E-state index in [1.165, 1.54) is 0 Å². The molecule has 0 radical (unpaired) electrons. The number of hydrogen-bond acceptors (Lipinski definition) is 3. The molecular weight excluding hydrogens is 290 g/mol. The smallest absolute Gasteiger partial charge is 0.223 e. The zero-order valence-electron chi connectivity index (χ0n) is 14.3. The van der Waals surface area contributed by atoms with Crippen LogP contribution in [0.1, 0.15) is 54.1 Å². The fourth-order valence-corrected chi connectivity index (χ4v) is 3.18. The zero-order valence-corrected chi connectivity index (χ0v) is 14.3. The van der Waals surface area contributed by atoms with Crippen molar-refractivity contribution >= 4 is 11.7 Å². The van der Waals surface area contributed by atoms with Crippen molar-refractivity contribution in [1.82, 2.24) is 4.90 Å². The van der Waals surface area contributed by atoms with Crippen molar-refractivity contribution in [2.45, 2.75) is 52.6 Å². The lowest BCUT2D eigenvalue weighted by Crippen LogP contribution is -2.40. The van der Waals surface area contributed by atoms with Crippen LogP contribution >= 0.6 is 0 Å². The Bertz CT molecular complexity index is 572.